The number of hydrogen-bond acceptors (Lipinski definition) is 4. The Morgan fingerprint density at radius 1 is 1.16 bits per heavy atom. The molecule has 0 saturated carbocycles. The molecule has 1 atom stereocenters. The summed E-state index contributed by atoms with van der Waals surface area (Å²) in [5.74, 6) is 0.154. The summed E-state index contributed by atoms with van der Waals surface area (Å²) in [5.41, 5.74) is 2.23. The van der Waals surface area contributed by atoms with Gasteiger partial charge in [0.1, 0.15) is 11.3 Å². The Balaban J connectivity index is 1.84. The lowest BCUT2D eigenvalue weighted by Crippen LogP contribution is -2.24. The standard InChI is InChI=1S/C19H18BrNO4/c1-24-17-9-12(3-8-16(17)19(23)25-2)13-10-18(22)21(11-13)15-6-4-14(20)5-7-15/h3-9,13H,10-11H2,1-2H3. The van der Waals surface area contributed by atoms with Crippen molar-refractivity contribution in [3.63, 3.8) is 0 Å². The predicted octanol–water partition coefficient (Wildman–Crippen LogP) is 3.76. The van der Waals surface area contributed by atoms with Crippen molar-refractivity contribution >= 4 is 33.5 Å². The zero-order valence-electron chi connectivity index (χ0n) is 14.0. The second-order valence-corrected chi connectivity index (χ2v) is 6.75. The number of anilines is 1. The molecule has 0 aromatic heterocycles. The van der Waals surface area contributed by atoms with E-state index in [1.807, 2.05) is 36.4 Å². The molecule has 1 aliphatic rings. The maximum Gasteiger partial charge on any atom is 0.341 e. The second-order valence-electron chi connectivity index (χ2n) is 5.83. The van der Waals surface area contributed by atoms with E-state index in [4.69, 9.17) is 9.47 Å². The summed E-state index contributed by atoms with van der Waals surface area (Å²) in [5, 5.41) is 0. The fourth-order valence-corrected chi connectivity index (χ4v) is 3.31. The molecule has 0 spiro atoms. The Labute approximate surface area is 154 Å². The number of ether oxygens (including phenoxy) is 2. The summed E-state index contributed by atoms with van der Waals surface area (Å²) in [6, 6.07) is 13.0. The molecule has 0 aliphatic carbocycles. The van der Waals surface area contributed by atoms with Crippen LogP contribution in [-0.4, -0.2) is 32.6 Å². The van der Waals surface area contributed by atoms with Crippen molar-refractivity contribution in [2.45, 2.75) is 12.3 Å². The van der Waals surface area contributed by atoms with Gasteiger partial charge in [0, 0.05) is 29.0 Å². The molecule has 1 unspecified atom stereocenters. The summed E-state index contributed by atoms with van der Waals surface area (Å²) < 4.78 is 11.1. The summed E-state index contributed by atoms with van der Waals surface area (Å²) >= 11 is 3.40. The minimum absolute atomic E-state index is 0.0525. The third-order valence-corrected chi connectivity index (χ3v) is 4.89. The Kier molecular flexibility index (Phi) is 5.08. The Morgan fingerprint density at radius 2 is 1.88 bits per heavy atom. The number of hydrogen-bond donors (Lipinski definition) is 0. The number of nitrogens with zero attached hydrogens (tertiary/aromatic N) is 1. The van der Waals surface area contributed by atoms with Gasteiger partial charge in [0.05, 0.1) is 14.2 Å². The molecule has 1 amide bonds. The molecule has 1 heterocycles. The van der Waals surface area contributed by atoms with Crippen molar-refractivity contribution in [1.82, 2.24) is 0 Å². The van der Waals surface area contributed by atoms with Crippen LogP contribution < -0.4 is 9.64 Å². The van der Waals surface area contributed by atoms with Crippen LogP contribution in [0.15, 0.2) is 46.9 Å². The third kappa shape index (κ3) is 3.54. The van der Waals surface area contributed by atoms with Gasteiger partial charge >= 0.3 is 5.97 Å². The number of benzene rings is 2. The first kappa shape index (κ1) is 17.5. The predicted molar refractivity (Wildman–Crippen MR) is 98.2 cm³/mol. The van der Waals surface area contributed by atoms with Gasteiger partial charge in [-0.05, 0) is 42.0 Å². The minimum atomic E-state index is -0.442. The average Bonchev–Trinajstić information content (AvgIpc) is 3.03. The van der Waals surface area contributed by atoms with Gasteiger partial charge in [0.15, 0.2) is 0 Å². The van der Waals surface area contributed by atoms with Gasteiger partial charge in [-0.15, -0.1) is 0 Å². The zero-order valence-corrected chi connectivity index (χ0v) is 15.6. The molecule has 6 heteroatoms. The zero-order chi connectivity index (χ0) is 18.0. The molecule has 1 saturated heterocycles. The van der Waals surface area contributed by atoms with E-state index in [1.165, 1.54) is 14.2 Å². The van der Waals surface area contributed by atoms with Gasteiger partial charge < -0.3 is 14.4 Å². The lowest BCUT2D eigenvalue weighted by molar-refractivity contribution is -0.117. The van der Waals surface area contributed by atoms with Crippen molar-refractivity contribution in [3.05, 3.63) is 58.1 Å². The molecule has 1 fully saturated rings. The lowest BCUT2D eigenvalue weighted by atomic mass is 9.96. The van der Waals surface area contributed by atoms with E-state index in [1.54, 1.807) is 11.0 Å². The number of rotatable bonds is 4. The maximum atomic E-state index is 12.4. The largest absolute Gasteiger partial charge is 0.496 e. The van der Waals surface area contributed by atoms with Crippen molar-refractivity contribution in [3.8, 4) is 5.75 Å². The van der Waals surface area contributed by atoms with Crippen LogP contribution in [0.5, 0.6) is 5.75 Å². The van der Waals surface area contributed by atoms with Crippen LogP contribution >= 0.6 is 15.9 Å². The van der Waals surface area contributed by atoms with Crippen molar-refractivity contribution in [2.75, 3.05) is 25.7 Å². The quantitative estimate of drug-likeness (QED) is 0.729. The topological polar surface area (TPSA) is 55.8 Å². The van der Waals surface area contributed by atoms with E-state index in [9.17, 15) is 9.59 Å². The monoisotopic (exact) mass is 403 g/mol. The van der Waals surface area contributed by atoms with Crippen LogP contribution in [0.2, 0.25) is 0 Å². The van der Waals surface area contributed by atoms with Gasteiger partial charge in [0.25, 0.3) is 0 Å². The Bertz CT molecular complexity index is 804. The van der Waals surface area contributed by atoms with Crippen LogP contribution in [0.1, 0.15) is 28.3 Å². The van der Waals surface area contributed by atoms with E-state index in [2.05, 4.69) is 15.9 Å². The number of carbonyl (C=O) groups is 2. The van der Waals surface area contributed by atoms with Gasteiger partial charge in [0.2, 0.25) is 5.91 Å². The van der Waals surface area contributed by atoms with E-state index < -0.39 is 5.97 Å². The molecule has 0 radical (unpaired) electrons. The van der Waals surface area contributed by atoms with Gasteiger partial charge in [-0.1, -0.05) is 22.0 Å². The average molecular weight is 404 g/mol. The van der Waals surface area contributed by atoms with Crippen molar-refractivity contribution in [2.24, 2.45) is 0 Å². The molecule has 25 heavy (non-hydrogen) atoms. The fourth-order valence-electron chi connectivity index (χ4n) is 3.04. The molecule has 3 rings (SSSR count). The Morgan fingerprint density at radius 3 is 2.52 bits per heavy atom. The van der Waals surface area contributed by atoms with Gasteiger partial charge in [-0.2, -0.15) is 0 Å². The molecule has 1 aliphatic heterocycles. The first-order valence-corrected chi connectivity index (χ1v) is 8.65. The number of halogens is 1. The lowest BCUT2D eigenvalue weighted by Gasteiger charge is -2.17. The molecular formula is C19H18BrNO4. The fraction of sp³-hybridized carbons (Fsp3) is 0.263. The van der Waals surface area contributed by atoms with E-state index in [0.29, 0.717) is 24.3 Å². The summed E-state index contributed by atoms with van der Waals surface area (Å²) in [4.78, 5) is 26.0. The summed E-state index contributed by atoms with van der Waals surface area (Å²) in [7, 11) is 2.85. The second kappa shape index (κ2) is 7.27. The van der Waals surface area contributed by atoms with Crippen LogP contribution in [0.4, 0.5) is 5.69 Å². The van der Waals surface area contributed by atoms with Crippen LogP contribution in [0.25, 0.3) is 0 Å². The van der Waals surface area contributed by atoms with Crippen LogP contribution in [-0.2, 0) is 9.53 Å². The molecule has 2 aromatic rings. The van der Waals surface area contributed by atoms with Crippen LogP contribution in [0, 0.1) is 0 Å². The molecule has 130 valence electrons. The first-order valence-electron chi connectivity index (χ1n) is 7.85. The molecule has 0 N–H and O–H groups in total. The highest BCUT2D eigenvalue weighted by atomic mass is 79.9. The van der Waals surface area contributed by atoms with E-state index >= 15 is 0 Å². The Hall–Kier alpha value is -2.34. The molecule has 2 aromatic carbocycles. The number of esters is 1. The van der Waals surface area contributed by atoms with Gasteiger partial charge in [-0.3, -0.25) is 4.79 Å². The van der Waals surface area contributed by atoms with E-state index in [0.717, 1.165) is 15.7 Å². The number of carbonyl (C=O) groups excluding carboxylic acids is 2. The minimum Gasteiger partial charge on any atom is -0.496 e. The number of methoxy groups -OCH3 is 2. The maximum absolute atomic E-state index is 12.4. The highest BCUT2D eigenvalue weighted by Gasteiger charge is 2.32. The molecule has 5 nitrogen and oxygen atoms in total. The van der Waals surface area contributed by atoms with E-state index in [-0.39, 0.29) is 11.8 Å². The van der Waals surface area contributed by atoms with Gasteiger partial charge in [-0.25, -0.2) is 4.79 Å². The third-order valence-electron chi connectivity index (χ3n) is 4.37. The SMILES string of the molecule is COC(=O)c1ccc(C2CC(=O)N(c3ccc(Br)cc3)C2)cc1OC. The molecular weight excluding hydrogens is 386 g/mol. The van der Waals surface area contributed by atoms with Crippen molar-refractivity contribution in [1.29, 1.82) is 0 Å². The van der Waals surface area contributed by atoms with Crippen LogP contribution in [0.3, 0.4) is 0 Å². The number of amides is 1. The summed E-state index contributed by atoms with van der Waals surface area (Å²) in [6.07, 6.45) is 0.427. The molecule has 0 bridgehead atoms. The smallest absolute Gasteiger partial charge is 0.341 e. The highest BCUT2D eigenvalue weighted by Crippen LogP contribution is 2.34. The highest BCUT2D eigenvalue weighted by molar-refractivity contribution is 9.10. The summed E-state index contributed by atoms with van der Waals surface area (Å²) in [6.45, 7) is 0.598. The normalized spacial score (nSPS) is 16.8. The first-order chi connectivity index (χ1) is 12.0. The van der Waals surface area contributed by atoms with Crippen molar-refractivity contribution < 1.29 is 19.1 Å².